The molecule has 3 nitrogen and oxygen atoms in total. The third-order valence-corrected chi connectivity index (χ3v) is 5.79. The van der Waals surface area contributed by atoms with Gasteiger partial charge in [-0.15, -0.1) is 0 Å². The van der Waals surface area contributed by atoms with Crippen molar-refractivity contribution in [1.82, 2.24) is 0 Å². The molecule has 0 N–H and O–H groups in total. The van der Waals surface area contributed by atoms with Crippen molar-refractivity contribution < 1.29 is 13.6 Å². The van der Waals surface area contributed by atoms with Crippen molar-refractivity contribution in [3.8, 4) is 17.2 Å². The molecule has 4 aromatic rings. The average molecular weight is 414 g/mol. The van der Waals surface area contributed by atoms with Crippen LogP contribution < -0.4 is 13.6 Å². The van der Waals surface area contributed by atoms with Gasteiger partial charge in [-0.3, -0.25) is 0 Å². The minimum atomic E-state index is -1.66. The number of benzene rings is 4. The predicted molar refractivity (Wildman–Crippen MR) is 122 cm³/mol. The summed E-state index contributed by atoms with van der Waals surface area (Å²) in [7, 11) is -1.66. The van der Waals surface area contributed by atoms with Gasteiger partial charge in [0, 0.05) is 5.92 Å². The Morgan fingerprint density at radius 3 is 1.30 bits per heavy atom. The standard InChI is InChI=1S/C26H23O3P/c1-21(22-11-5-2-6-12-22)23-17-19-26(20-18-23)29-30(27-24-13-7-3-8-14-24)28-25-15-9-4-10-16-25/h2-21H,1H3. The Labute approximate surface area is 178 Å². The molecule has 0 aliphatic carbocycles. The minimum absolute atomic E-state index is 0.308. The van der Waals surface area contributed by atoms with Gasteiger partial charge in [-0.05, 0) is 47.5 Å². The zero-order valence-electron chi connectivity index (χ0n) is 16.7. The molecule has 4 rings (SSSR count). The van der Waals surface area contributed by atoms with Crippen LogP contribution in [0.2, 0.25) is 0 Å². The van der Waals surface area contributed by atoms with Crippen LogP contribution >= 0.6 is 8.60 Å². The molecule has 0 aliphatic rings. The maximum absolute atomic E-state index is 6.08. The highest BCUT2D eigenvalue weighted by Crippen LogP contribution is 2.42. The Kier molecular flexibility index (Phi) is 6.64. The molecule has 4 heteroatoms. The molecule has 0 fully saturated rings. The van der Waals surface area contributed by atoms with Crippen LogP contribution in [0.3, 0.4) is 0 Å². The van der Waals surface area contributed by atoms with Crippen LogP contribution in [-0.4, -0.2) is 0 Å². The molecule has 0 amide bonds. The van der Waals surface area contributed by atoms with Crippen LogP contribution in [0.5, 0.6) is 17.2 Å². The molecule has 0 aromatic heterocycles. The molecule has 0 bridgehead atoms. The largest absolute Gasteiger partial charge is 0.530 e. The number of hydrogen-bond acceptors (Lipinski definition) is 3. The third kappa shape index (κ3) is 5.40. The quantitative estimate of drug-likeness (QED) is 0.278. The van der Waals surface area contributed by atoms with Crippen molar-refractivity contribution in [2.45, 2.75) is 12.8 Å². The van der Waals surface area contributed by atoms with Gasteiger partial charge in [-0.25, -0.2) is 0 Å². The fraction of sp³-hybridized carbons (Fsp3) is 0.0769. The van der Waals surface area contributed by atoms with Gasteiger partial charge >= 0.3 is 8.60 Å². The van der Waals surface area contributed by atoms with Crippen LogP contribution in [0.15, 0.2) is 115 Å². The zero-order valence-corrected chi connectivity index (χ0v) is 17.6. The molecular weight excluding hydrogens is 391 g/mol. The summed E-state index contributed by atoms with van der Waals surface area (Å²) in [5.41, 5.74) is 2.51. The maximum Gasteiger partial charge on any atom is 0.530 e. The smallest absolute Gasteiger partial charge is 0.409 e. The van der Waals surface area contributed by atoms with Crippen LogP contribution in [0, 0.1) is 0 Å². The van der Waals surface area contributed by atoms with E-state index in [2.05, 4.69) is 43.3 Å². The summed E-state index contributed by atoms with van der Waals surface area (Å²) in [6.45, 7) is 2.20. The first kappa shape index (κ1) is 20.0. The van der Waals surface area contributed by atoms with E-state index in [1.54, 1.807) is 0 Å². The second-order valence-electron chi connectivity index (χ2n) is 6.82. The van der Waals surface area contributed by atoms with Crippen molar-refractivity contribution in [3.05, 3.63) is 126 Å². The van der Waals surface area contributed by atoms with Gasteiger partial charge in [0.05, 0.1) is 0 Å². The molecule has 4 aromatic carbocycles. The van der Waals surface area contributed by atoms with Gasteiger partial charge < -0.3 is 13.6 Å². The van der Waals surface area contributed by atoms with Crippen LogP contribution in [0.1, 0.15) is 24.0 Å². The first-order chi connectivity index (χ1) is 14.8. The molecule has 0 spiro atoms. The van der Waals surface area contributed by atoms with Crippen LogP contribution in [0.25, 0.3) is 0 Å². The van der Waals surface area contributed by atoms with Gasteiger partial charge in [0.25, 0.3) is 0 Å². The molecule has 30 heavy (non-hydrogen) atoms. The molecule has 150 valence electrons. The molecule has 0 aliphatic heterocycles. The fourth-order valence-corrected chi connectivity index (χ4v) is 4.02. The second kappa shape index (κ2) is 9.96. The van der Waals surface area contributed by atoms with Gasteiger partial charge in [-0.2, -0.15) is 0 Å². The monoisotopic (exact) mass is 414 g/mol. The summed E-state index contributed by atoms with van der Waals surface area (Å²) in [6, 6.07) is 37.7. The van der Waals surface area contributed by atoms with Gasteiger partial charge in [0.2, 0.25) is 0 Å². The lowest BCUT2D eigenvalue weighted by atomic mass is 9.93. The Balaban J connectivity index is 1.49. The highest BCUT2D eigenvalue weighted by molar-refractivity contribution is 7.43. The van der Waals surface area contributed by atoms with Crippen molar-refractivity contribution >= 4 is 8.60 Å². The summed E-state index contributed by atoms with van der Waals surface area (Å²) in [4.78, 5) is 0. The van der Waals surface area contributed by atoms with Gasteiger partial charge in [-0.1, -0.05) is 85.8 Å². The maximum atomic E-state index is 6.08. The predicted octanol–water partition coefficient (Wildman–Crippen LogP) is 7.60. The van der Waals surface area contributed by atoms with Crippen LogP contribution in [-0.2, 0) is 0 Å². The Bertz CT molecular complexity index is 981. The van der Waals surface area contributed by atoms with Gasteiger partial charge in [0.15, 0.2) is 0 Å². The molecule has 0 saturated heterocycles. The third-order valence-electron chi connectivity index (χ3n) is 4.71. The van der Waals surface area contributed by atoms with Crippen molar-refractivity contribution in [2.24, 2.45) is 0 Å². The molecule has 0 radical (unpaired) electrons. The highest BCUT2D eigenvalue weighted by atomic mass is 31.2. The van der Waals surface area contributed by atoms with E-state index in [9.17, 15) is 0 Å². The number of rotatable bonds is 8. The van der Waals surface area contributed by atoms with E-state index in [4.69, 9.17) is 13.6 Å². The van der Waals surface area contributed by atoms with Gasteiger partial charge in [0.1, 0.15) is 17.2 Å². The molecule has 0 heterocycles. The molecule has 1 unspecified atom stereocenters. The normalized spacial score (nSPS) is 11.7. The summed E-state index contributed by atoms with van der Waals surface area (Å²) < 4.78 is 18.1. The Hall–Kier alpha value is -3.29. The lowest BCUT2D eigenvalue weighted by Gasteiger charge is -2.18. The SMILES string of the molecule is CC(c1ccccc1)c1ccc(OP(Oc2ccccc2)Oc2ccccc2)cc1. The minimum Gasteiger partial charge on any atom is -0.409 e. The summed E-state index contributed by atoms with van der Waals surface area (Å²) >= 11 is 0. The summed E-state index contributed by atoms with van der Waals surface area (Å²) in [6.07, 6.45) is 0. The van der Waals surface area contributed by atoms with E-state index in [0.29, 0.717) is 23.2 Å². The topological polar surface area (TPSA) is 27.7 Å². The zero-order chi connectivity index (χ0) is 20.6. The molecular formula is C26H23O3P. The summed E-state index contributed by atoms with van der Waals surface area (Å²) in [5.74, 6) is 2.42. The second-order valence-corrected chi connectivity index (χ2v) is 7.82. The number of hydrogen-bond donors (Lipinski definition) is 0. The average Bonchev–Trinajstić information content (AvgIpc) is 2.81. The Morgan fingerprint density at radius 2 is 0.833 bits per heavy atom. The van der Waals surface area contributed by atoms with E-state index in [-0.39, 0.29) is 0 Å². The van der Waals surface area contributed by atoms with Crippen molar-refractivity contribution in [2.75, 3.05) is 0 Å². The van der Waals surface area contributed by atoms with Crippen LogP contribution in [0.4, 0.5) is 0 Å². The van der Waals surface area contributed by atoms with Crippen molar-refractivity contribution in [1.29, 1.82) is 0 Å². The fourth-order valence-electron chi connectivity index (χ4n) is 3.03. The molecule has 0 saturated carbocycles. The lowest BCUT2D eigenvalue weighted by molar-refractivity contribution is 0.388. The molecule has 1 atom stereocenters. The van der Waals surface area contributed by atoms with E-state index in [1.165, 1.54) is 11.1 Å². The van der Waals surface area contributed by atoms with Crippen molar-refractivity contribution in [3.63, 3.8) is 0 Å². The first-order valence-corrected chi connectivity index (χ1v) is 11.0. The number of para-hydroxylation sites is 2. The highest BCUT2D eigenvalue weighted by Gasteiger charge is 2.20. The van der Waals surface area contributed by atoms with E-state index >= 15 is 0 Å². The Morgan fingerprint density at radius 1 is 0.467 bits per heavy atom. The van der Waals surface area contributed by atoms with E-state index in [1.807, 2.05) is 78.9 Å². The first-order valence-electron chi connectivity index (χ1n) is 9.87. The van der Waals surface area contributed by atoms with E-state index < -0.39 is 8.60 Å². The lowest BCUT2D eigenvalue weighted by Crippen LogP contribution is -2.02. The summed E-state index contributed by atoms with van der Waals surface area (Å²) in [5, 5.41) is 0. The van der Waals surface area contributed by atoms with E-state index in [0.717, 1.165) is 0 Å².